The highest BCUT2D eigenvalue weighted by molar-refractivity contribution is 4.94. The summed E-state index contributed by atoms with van der Waals surface area (Å²) >= 11 is 0. The molecule has 0 heterocycles. The van der Waals surface area contributed by atoms with Crippen LogP contribution in [0.4, 0.5) is 0 Å². The van der Waals surface area contributed by atoms with Crippen molar-refractivity contribution in [1.82, 2.24) is 0 Å². The minimum absolute atomic E-state index is 0.0520. The summed E-state index contributed by atoms with van der Waals surface area (Å²) < 4.78 is 19.5. The molecule has 0 aliphatic heterocycles. The van der Waals surface area contributed by atoms with Gasteiger partial charge in [-0.2, -0.15) is 0 Å². The lowest BCUT2D eigenvalue weighted by Gasteiger charge is -2.47. The Hall–Kier alpha value is -0.160. The summed E-state index contributed by atoms with van der Waals surface area (Å²) in [7, 11) is 0. The van der Waals surface area contributed by atoms with Crippen molar-refractivity contribution >= 4 is 0 Å². The lowest BCUT2D eigenvalue weighted by molar-refractivity contribution is -0.176. The molecule has 0 aliphatic rings. The second-order valence-electron chi connectivity index (χ2n) is 11.7. The van der Waals surface area contributed by atoms with Gasteiger partial charge in [0.15, 0.2) is 0 Å². The molecular formula is C29H60O4. The fourth-order valence-corrected chi connectivity index (χ4v) is 4.28. The zero-order valence-corrected chi connectivity index (χ0v) is 24.3. The molecule has 200 valence electrons. The van der Waals surface area contributed by atoms with Gasteiger partial charge in [0.2, 0.25) is 0 Å². The van der Waals surface area contributed by atoms with Gasteiger partial charge in [-0.3, -0.25) is 0 Å². The van der Waals surface area contributed by atoms with Crippen molar-refractivity contribution in [2.45, 2.75) is 157 Å². The third-order valence-electron chi connectivity index (χ3n) is 8.39. The van der Waals surface area contributed by atoms with Gasteiger partial charge in [0.25, 0.3) is 0 Å². The van der Waals surface area contributed by atoms with E-state index in [2.05, 4.69) is 69.2 Å². The summed E-state index contributed by atoms with van der Waals surface area (Å²) in [6.45, 7) is 26.4. The van der Waals surface area contributed by atoms with Crippen molar-refractivity contribution in [3.63, 3.8) is 0 Å². The molecule has 0 aromatic carbocycles. The van der Waals surface area contributed by atoms with E-state index in [9.17, 15) is 5.11 Å². The molecule has 0 bridgehead atoms. The number of hydrogen-bond donors (Lipinski definition) is 1. The highest BCUT2D eigenvalue weighted by Gasteiger charge is 2.45. The Bertz CT molecular complexity index is 510. The normalized spacial score (nSPS) is 20.6. The monoisotopic (exact) mass is 472 g/mol. The summed E-state index contributed by atoms with van der Waals surface area (Å²) in [5.74, 6) is 0.650. The third-order valence-corrected chi connectivity index (χ3v) is 8.39. The predicted octanol–water partition coefficient (Wildman–Crippen LogP) is 7.95. The molecule has 0 amide bonds. The van der Waals surface area contributed by atoms with E-state index in [-0.39, 0.29) is 28.3 Å². The van der Waals surface area contributed by atoms with E-state index in [0.717, 1.165) is 64.4 Å². The SMILES string of the molecule is CCCC(C)(CCC(C)(CC)OCC(C)(CC)C(C)(CC)OCCC(C)C)OCC(O)CC. The number of ether oxygens (including phenoxy) is 3. The van der Waals surface area contributed by atoms with Gasteiger partial charge in [-0.15, -0.1) is 0 Å². The maximum Gasteiger partial charge on any atom is 0.0771 e. The Kier molecular flexibility index (Phi) is 15.0. The van der Waals surface area contributed by atoms with Gasteiger partial charge in [-0.1, -0.05) is 61.8 Å². The molecule has 0 aromatic heterocycles. The van der Waals surface area contributed by atoms with Crippen LogP contribution in [-0.4, -0.2) is 47.8 Å². The van der Waals surface area contributed by atoms with Crippen LogP contribution in [0.5, 0.6) is 0 Å². The van der Waals surface area contributed by atoms with E-state index in [4.69, 9.17) is 14.2 Å². The lowest BCUT2D eigenvalue weighted by Crippen LogP contribution is -2.50. The predicted molar refractivity (Wildman–Crippen MR) is 142 cm³/mol. The summed E-state index contributed by atoms with van der Waals surface area (Å²) in [6.07, 6.45) is 8.32. The Morgan fingerprint density at radius 1 is 0.727 bits per heavy atom. The second-order valence-corrected chi connectivity index (χ2v) is 11.7. The lowest BCUT2D eigenvalue weighted by atomic mass is 9.71. The molecule has 0 fully saturated rings. The Morgan fingerprint density at radius 2 is 1.33 bits per heavy atom. The first-order valence-electron chi connectivity index (χ1n) is 13.9. The first kappa shape index (κ1) is 32.8. The molecule has 1 N–H and O–H groups in total. The smallest absolute Gasteiger partial charge is 0.0771 e. The fourth-order valence-electron chi connectivity index (χ4n) is 4.28. The van der Waals surface area contributed by atoms with Crippen molar-refractivity contribution in [2.75, 3.05) is 19.8 Å². The second kappa shape index (κ2) is 15.1. The van der Waals surface area contributed by atoms with E-state index in [1.165, 1.54) is 0 Å². The molecule has 0 aliphatic carbocycles. The van der Waals surface area contributed by atoms with Crippen molar-refractivity contribution < 1.29 is 19.3 Å². The zero-order chi connectivity index (χ0) is 25.8. The van der Waals surface area contributed by atoms with Gasteiger partial charge in [0.1, 0.15) is 0 Å². The standard InChI is InChI=1S/C29H60O4/c1-12-18-28(10,32-22-25(30)13-2)20-19-27(9,15-4)33-23-26(8,14-3)29(11,16-5)31-21-17-24(6)7/h24-25,30H,12-23H2,1-11H3. The van der Waals surface area contributed by atoms with Crippen molar-refractivity contribution in [2.24, 2.45) is 11.3 Å². The van der Waals surface area contributed by atoms with Gasteiger partial charge in [-0.05, 0) is 78.1 Å². The third kappa shape index (κ3) is 11.0. The number of aliphatic hydroxyl groups is 1. The van der Waals surface area contributed by atoms with Gasteiger partial charge < -0.3 is 19.3 Å². The average molecular weight is 473 g/mol. The molecule has 4 nitrogen and oxygen atoms in total. The van der Waals surface area contributed by atoms with E-state index >= 15 is 0 Å². The highest BCUT2D eigenvalue weighted by Crippen LogP contribution is 2.42. The van der Waals surface area contributed by atoms with Crippen LogP contribution in [0.1, 0.15) is 134 Å². The molecular weight excluding hydrogens is 412 g/mol. The van der Waals surface area contributed by atoms with Gasteiger partial charge >= 0.3 is 0 Å². The van der Waals surface area contributed by atoms with Crippen LogP contribution < -0.4 is 0 Å². The minimum atomic E-state index is -0.386. The zero-order valence-electron chi connectivity index (χ0n) is 24.3. The van der Waals surface area contributed by atoms with Crippen LogP contribution in [-0.2, 0) is 14.2 Å². The van der Waals surface area contributed by atoms with Crippen LogP contribution in [0.25, 0.3) is 0 Å². The van der Waals surface area contributed by atoms with Crippen LogP contribution in [0.15, 0.2) is 0 Å². The minimum Gasteiger partial charge on any atom is -0.391 e. The van der Waals surface area contributed by atoms with E-state index in [1.807, 2.05) is 6.92 Å². The molecule has 0 saturated carbocycles. The number of hydrogen-bond acceptors (Lipinski definition) is 4. The first-order valence-corrected chi connectivity index (χ1v) is 13.9. The Morgan fingerprint density at radius 3 is 1.79 bits per heavy atom. The maximum atomic E-state index is 9.99. The molecule has 0 saturated heterocycles. The van der Waals surface area contributed by atoms with Crippen LogP contribution >= 0.6 is 0 Å². The number of rotatable bonds is 20. The average Bonchev–Trinajstić information content (AvgIpc) is 2.79. The summed E-state index contributed by atoms with van der Waals surface area (Å²) in [6, 6.07) is 0. The maximum absolute atomic E-state index is 9.99. The van der Waals surface area contributed by atoms with E-state index in [0.29, 0.717) is 19.1 Å². The quantitative estimate of drug-likeness (QED) is 0.195. The summed E-state index contributed by atoms with van der Waals surface area (Å²) in [4.78, 5) is 0. The molecule has 0 radical (unpaired) electrons. The fraction of sp³-hybridized carbons (Fsp3) is 1.00. The molecule has 0 aromatic rings. The van der Waals surface area contributed by atoms with Crippen molar-refractivity contribution in [3.05, 3.63) is 0 Å². The van der Waals surface area contributed by atoms with E-state index < -0.39 is 0 Å². The molecule has 0 rings (SSSR count). The number of aliphatic hydroxyl groups excluding tert-OH is 1. The molecule has 5 atom stereocenters. The molecule has 5 unspecified atom stereocenters. The largest absolute Gasteiger partial charge is 0.391 e. The molecule has 33 heavy (non-hydrogen) atoms. The van der Waals surface area contributed by atoms with Crippen LogP contribution in [0, 0.1) is 11.3 Å². The first-order chi connectivity index (χ1) is 15.3. The van der Waals surface area contributed by atoms with Crippen molar-refractivity contribution in [3.8, 4) is 0 Å². The molecule has 4 heteroatoms. The summed E-state index contributed by atoms with van der Waals surface area (Å²) in [5.41, 5.74) is -0.688. The van der Waals surface area contributed by atoms with Gasteiger partial charge in [0.05, 0.1) is 36.1 Å². The van der Waals surface area contributed by atoms with Crippen molar-refractivity contribution in [1.29, 1.82) is 0 Å². The Balaban J connectivity index is 5.27. The van der Waals surface area contributed by atoms with Gasteiger partial charge in [0, 0.05) is 12.0 Å². The molecule has 0 spiro atoms. The van der Waals surface area contributed by atoms with Gasteiger partial charge in [-0.25, -0.2) is 0 Å². The summed E-state index contributed by atoms with van der Waals surface area (Å²) in [5, 5.41) is 9.99. The van der Waals surface area contributed by atoms with Crippen LogP contribution in [0.3, 0.4) is 0 Å². The van der Waals surface area contributed by atoms with E-state index in [1.54, 1.807) is 0 Å². The highest BCUT2D eigenvalue weighted by atomic mass is 16.5. The topological polar surface area (TPSA) is 47.9 Å². The Labute approximate surface area is 207 Å². The van der Waals surface area contributed by atoms with Crippen LogP contribution in [0.2, 0.25) is 0 Å².